The zero-order valence-electron chi connectivity index (χ0n) is 13.6. The van der Waals surface area contributed by atoms with E-state index in [1.165, 1.54) is 10.3 Å². The highest BCUT2D eigenvalue weighted by molar-refractivity contribution is 7.58. The van der Waals surface area contributed by atoms with Crippen molar-refractivity contribution in [2.45, 2.75) is 19.5 Å². The van der Waals surface area contributed by atoms with Crippen LogP contribution in [0.25, 0.3) is 10.1 Å². The molecule has 1 aromatic heterocycles. The van der Waals surface area contributed by atoms with Crippen LogP contribution in [0, 0.1) is 0 Å². The number of aryl methyl sites for hydroxylation is 1. The first-order valence-electron chi connectivity index (χ1n) is 8.02. The van der Waals surface area contributed by atoms with Crippen LogP contribution in [-0.2, 0) is 21.7 Å². The monoisotopic (exact) mass is 378 g/mol. The highest BCUT2D eigenvalue weighted by Crippen LogP contribution is 2.52. The lowest BCUT2D eigenvalue weighted by atomic mass is 10.2. The van der Waals surface area contributed by atoms with Crippen LogP contribution in [0.2, 0.25) is 5.02 Å². The quantitative estimate of drug-likeness (QED) is 0.432. The van der Waals surface area contributed by atoms with E-state index < -0.39 is 7.37 Å². The fourth-order valence-electron chi connectivity index (χ4n) is 2.80. The minimum atomic E-state index is -2.73. The van der Waals surface area contributed by atoms with Crippen LogP contribution < -0.4 is 0 Å². The maximum Gasteiger partial charge on any atom is 0.207 e. The molecule has 0 saturated heterocycles. The molecule has 0 aliphatic carbocycles. The van der Waals surface area contributed by atoms with E-state index in [0.29, 0.717) is 24.0 Å². The molecule has 0 bridgehead atoms. The molecule has 0 fully saturated rings. The second-order valence-corrected chi connectivity index (χ2v) is 9.75. The minimum Gasteiger partial charge on any atom is -0.329 e. The lowest BCUT2D eigenvalue weighted by Crippen LogP contribution is -2.02. The average Bonchev–Trinajstić information content (AvgIpc) is 2.96. The number of hydrogen-bond donors (Lipinski definition) is 0. The van der Waals surface area contributed by atoms with Gasteiger partial charge in [-0.15, -0.1) is 11.3 Å². The summed E-state index contributed by atoms with van der Waals surface area (Å²) < 4.78 is 20.2. The summed E-state index contributed by atoms with van der Waals surface area (Å²) in [4.78, 5) is 0. The first kappa shape index (κ1) is 17.7. The van der Waals surface area contributed by atoms with Crippen LogP contribution >= 0.6 is 30.3 Å². The van der Waals surface area contributed by atoms with Crippen LogP contribution in [0.3, 0.4) is 0 Å². The van der Waals surface area contributed by atoms with Crippen molar-refractivity contribution in [1.82, 2.24) is 0 Å². The molecule has 0 spiro atoms. The van der Waals surface area contributed by atoms with E-state index in [4.69, 9.17) is 16.1 Å². The number of hydrogen-bond acceptors (Lipinski definition) is 3. The summed E-state index contributed by atoms with van der Waals surface area (Å²) >= 11 is 7.79. The standard InChI is InChI=1S/C19H20ClO2PS/c1-2-22-23(21,11-10-15-6-4-3-5-7-15)13-16-14-24-19-9-8-17(20)12-18(16)19/h3-9,12,14H,2,10-11,13H2,1H3. The van der Waals surface area contributed by atoms with Gasteiger partial charge in [0.15, 0.2) is 0 Å². The molecule has 0 amide bonds. The molecule has 3 rings (SSSR count). The summed E-state index contributed by atoms with van der Waals surface area (Å²) in [6.07, 6.45) is 1.79. The molecule has 0 aliphatic heterocycles. The number of rotatable bonds is 7. The molecule has 1 atom stereocenters. The molecular formula is C19H20ClO2PS. The number of benzene rings is 2. The smallest absolute Gasteiger partial charge is 0.207 e. The van der Waals surface area contributed by atoms with Crippen molar-refractivity contribution in [3.8, 4) is 0 Å². The maximum atomic E-state index is 13.3. The van der Waals surface area contributed by atoms with Gasteiger partial charge in [-0.1, -0.05) is 41.9 Å². The molecule has 5 heteroatoms. The zero-order chi connectivity index (χ0) is 17.0. The Hall–Kier alpha value is -1.12. The highest BCUT2D eigenvalue weighted by atomic mass is 35.5. The fourth-order valence-corrected chi connectivity index (χ4v) is 6.27. The molecule has 24 heavy (non-hydrogen) atoms. The van der Waals surface area contributed by atoms with Crippen molar-refractivity contribution in [1.29, 1.82) is 0 Å². The summed E-state index contributed by atoms with van der Waals surface area (Å²) in [5, 5.41) is 3.87. The molecule has 0 aliphatic rings. The molecule has 0 saturated carbocycles. The highest BCUT2D eigenvalue weighted by Gasteiger charge is 2.24. The van der Waals surface area contributed by atoms with Gasteiger partial charge in [-0.25, -0.2) is 0 Å². The van der Waals surface area contributed by atoms with Gasteiger partial charge in [-0.05, 0) is 53.4 Å². The third-order valence-corrected chi connectivity index (χ3v) is 7.68. The SMILES string of the molecule is CCOP(=O)(CCc1ccccc1)Cc1csc2ccc(Cl)cc12. The van der Waals surface area contributed by atoms with Gasteiger partial charge >= 0.3 is 0 Å². The molecular weight excluding hydrogens is 359 g/mol. The summed E-state index contributed by atoms with van der Waals surface area (Å²) in [5.74, 6) is 0. The molecule has 0 radical (unpaired) electrons. The Morgan fingerprint density at radius 2 is 1.96 bits per heavy atom. The Bertz CT molecular complexity index is 860. The van der Waals surface area contributed by atoms with Gasteiger partial charge in [0.25, 0.3) is 0 Å². The number of fused-ring (bicyclic) bond motifs is 1. The van der Waals surface area contributed by atoms with E-state index in [2.05, 4.69) is 17.5 Å². The Balaban J connectivity index is 1.81. The largest absolute Gasteiger partial charge is 0.329 e. The van der Waals surface area contributed by atoms with Crippen molar-refractivity contribution in [2.75, 3.05) is 12.8 Å². The van der Waals surface area contributed by atoms with Crippen molar-refractivity contribution in [2.24, 2.45) is 0 Å². The van der Waals surface area contributed by atoms with Crippen LogP contribution in [0.4, 0.5) is 0 Å². The normalized spacial score (nSPS) is 13.9. The third-order valence-electron chi connectivity index (χ3n) is 3.98. The van der Waals surface area contributed by atoms with Crippen LogP contribution in [-0.4, -0.2) is 12.8 Å². The molecule has 0 N–H and O–H groups in total. The first-order valence-corrected chi connectivity index (χ1v) is 11.3. The van der Waals surface area contributed by atoms with E-state index in [1.54, 1.807) is 11.3 Å². The van der Waals surface area contributed by atoms with Crippen molar-refractivity contribution in [3.05, 3.63) is 70.1 Å². The van der Waals surface area contributed by atoms with E-state index in [0.717, 1.165) is 17.4 Å². The fraction of sp³-hybridized carbons (Fsp3) is 0.263. The first-order chi connectivity index (χ1) is 11.6. The van der Waals surface area contributed by atoms with Gasteiger partial charge in [0.1, 0.15) is 0 Å². The second-order valence-electron chi connectivity index (χ2n) is 5.75. The number of halogens is 1. The van der Waals surface area contributed by atoms with Crippen molar-refractivity contribution in [3.63, 3.8) is 0 Å². The third kappa shape index (κ3) is 4.29. The zero-order valence-corrected chi connectivity index (χ0v) is 16.0. The van der Waals surface area contributed by atoms with Crippen LogP contribution in [0.1, 0.15) is 18.1 Å². The molecule has 1 unspecified atom stereocenters. The molecule has 2 nitrogen and oxygen atoms in total. The van der Waals surface area contributed by atoms with Gasteiger partial charge in [0, 0.05) is 15.9 Å². The predicted octanol–water partition coefficient (Wildman–Crippen LogP) is 6.61. The van der Waals surface area contributed by atoms with Gasteiger partial charge < -0.3 is 4.52 Å². The van der Waals surface area contributed by atoms with Gasteiger partial charge in [0.2, 0.25) is 7.37 Å². The van der Waals surface area contributed by atoms with E-state index in [1.807, 2.05) is 43.3 Å². The number of thiophene rings is 1. The van der Waals surface area contributed by atoms with E-state index in [9.17, 15) is 4.57 Å². The van der Waals surface area contributed by atoms with Crippen molar-refractivity contribution < 1.29 is 9.09 Å². The molecule has 2 aromatic carbocycles. The lowest BCUT2D eigenvalue weighted by Gasteiger charge is -2.18. The maximum absolute atomic E-state index is 13.3. The lowest BCUT2D eigenvalue weighted by molar-refractivity contribution is 0.332. The van der Waals surface area contributed by atoms with Crippen molar-refractivity contribution >= 4 is 40.4 Å². The summed E-state index contributed by atoms with van der Waals surface area (Å²) in [6, 6.07) is 16.0. The van der Waals surface area contributed by atoms with Crippen LogP contribution in [0.5, 0.6) is 0 Å². The molecule has 3 aromatic rings. The second kappa shape index (κ2) is 7.84. The minimum absolute atomic E-state index is 0.466. The molecule has 1 heterocycles. The Morgan fingerprint density at radius 1 is 1.17 bits per heavy atom. The summed E-state index contributed by atoms with van der Waals surface area (Å²) in [7, 11) is -2.73. The predicted molar refractivity (Wildman–Crippen MR) is 105 cm³/mol. The Morgan fingerprint density at radius 3 is 2.71 bits per heavy atom. The Labute approximate surface area is 151 Å². The van der Waals surface area contributed by atoms with Gasteiger partial charge in [0.05, 0.1) is 12.8 Å². The summed E-state index contributed by atoms with van der Waals surface area (Å²) in [6.45, 7) is 2.37. The topological polar surface area (TPSA) is 26.3 Å². The van der Waals surface area contributed by atoms with E-state index >= 15 is 0 Å². The summed E-state index contributed by atoms with van der Waals surface area (Å²) in [5.41, 5.74) is 2.26. The molecule has 126 valence electrons. The van der Waals surface area contributed by atoms with Crippen LogP contribution in [0.15, 0.2) is 53.9 Å². The Kier molecular flexibility index (Phi) is 5.78. The van der Waals surface area contributed by atoms with Gasteiger partial charge in [-0.2, -0.15) is 0 Å². The van der Waals surface area contributed by atoms with E-state index in [-0.39, 0.29) is 0 Å². The van der Waals surface area contributed by atoms with Gasteiger partial charge in [-0.3, -0.25) is 4.57 Å². The average molecular weight is 379 g/mol.